The van der Waals surface area contributed by atoms with Gasteiger partial charge in [0.25, 0.3) is 0 Å². The Morgan fingerprint density at radius 2 is 2.42 bits per heavy atom. The second kappa shape index (κ2) is 3.52. The Morgan fingerprint density at radius 3 is 3.00 bits per heavy atom. The average molecular weight is 164 g/mol. The molecule has 3 N–H and O–H groups in total. The summed E-state index contributed by atoms with van der Waals surface area (Å²) in [4.78, 5) is 13.9. The van der Waals surface area contributed by atoms with Gasteiger partial charge in [-0.2, -0.15) is 0 Å². The standard InChI is InChI=1S/C8H8N2O2/c9-7-5-10-4-3-6(7)1-2-8(11)12/h1-5H,9H2,(H,11,12). The third-order valence-corrected chi connectivity index (χ3v) is 1.29. The smallest absolute Gasteiger partial charge is 0.328 e. The number of aliphatic carboxylic acids is 1. The first-order valence-electron chi connectivity index (χ1n) is 3.30. The lowest BCUT2D eigenvalue weighted by atomic mass is 10.2. The zero-order valence-electron chi connectivity index (χ0n) is 6.27. The van der Waals surface area contributed by atoms with Gasteiger partial charge < -0.3 is 10.8 Å². The molecule has 12 heavy (non-hydrogen) atoms. The summed E-state index contributed by atoms with van der Waals surface area (Å²) < 4.78 is 0. The van der Waals surface area contributed by atoms with Gasteiger partial charge in [0.2, 0.25) is 0 Å². The first kappa shape index (κ1) is 8.26. The molecule has 0 aliphatic heterocycles. The zero-order chi connectivity index (χ0) is 8.97. The van der Waals surface area contributed by atoms with Crippen LogP contribution in [-0.4, -0.2) is 16.1 Å². The van der Waals surface area contributed by atoms with Crippen LogP contribution in [-0.2, 0) is 4.79 Å². The molecule has 0 aliphatic carbocycles. The molecule has 0 fully saturated rings. The van der Waals surface area contributed by atoms with Crippen LogP contribution in [0.1, 0.15) is 5.56 Å². The summed E-state index contributed by atoms with van der Waals surface area (Å²) in [6.07, 6.45) is 5.49. The average Bonchev–Trinajstić information content (AvgIpc) is 2.03. The van der Waals surface area contributed by atoms with Crippen molar-refractivity contribution in [3.05, 3.63) is 30.1 Å². The van der Waals surface area contributed by atoms with Crippen LogP contribution in [0.15, 0.2) is 24.5 Å². The van der Waals surface area contributed by atoms with Crippen molar-refractivity contribution >= 4 is 17.7 Å². The normalized spacial score (nSPS) is 10.3. The van der Waals surface area contributed by atoms with Gasteiger partial charge in [-0.05, 0) is 12.1 Å². The van der Waals surface area contributed by atoms with Gasteiger partial charge in [-0.3, -0.25) is 4.98 Å². The molecule has 62 valence electrons. The van der Waals surface area contributed by atoms with E-state index in [0.29, 0.717) is 11.3 Å². The number of pyridine rings is 1. The topological polar surface area (TPSA) is 76.2 Å². The number of hydrogen-bond donors (Lipinski definition) is 2. The van der Waals surface area contributed by atoms with Crippen molar-refractivity contribution in [1.29, 1.82) is 0 Å². The van der Waals surface area contributed by atoms with Gasteiger partial charge in [0, 0.05) is 17.8 Å². The summed E-state index contributed by atoms with van der Waals surface area (Å²) in [5.74, 6) is -0.994. The van der Waals surface area contributed by atoms with Crippen LogP contribution in [0.3, 0.4) is 0 Å². The summed E-state index contributed by atoms with van der Waals surface area (Å²) in [5, 5.41) is 8.32. The van der Waals surface area contributed by atoms with E-state index in [1.165, 1.54) is 12.3 Å². The van der Waals surface area contributed by atoms with Crippen molar-refractivity contribution in [3.8, 4) is 0 Å². The lowest BCUT2D eigenvalue weighted by Crippen LogP contribution is -1.91. The monoisotopic (exact) mass is 164 g/mol. The van der Waals surface area contributed by atoms with Crippen LogP contribution in [0, 0.1) is 0 Å². The Labute approximate surface area is 69.4 Å². The number of carboxylic acid groups (broad SMARTS) is 1. The van der Waals surface area contributed by atoms with Gasteiger partial charge >= 0.3 is 5.97 Å². The number of nitrogens with zero attached hydrogens (tertiary/aromatic N) is 1. The second-order valence-corrected chi connectivity index (χ2v) is 2.18. The fraction of sp³-hybridized carbons (Fsp3) is 0. The highest BCUT2D eigenvalue weighted by molar-refractivity contribution is 5.86. The molecule has 0 bridgehead atoms. The minimum atomic E-state index is -0.994. The summed E-state index contributed by atoms with van der Waals surface area (Å²) in [6.45, 7) is 0. The van der Waals surface area contributed by atoms with E-state index in [0.717, 1.165) is 6.08 Å². The molecule has 0 radical (unpaired) electrons. The number of nitrogens with two attached hydrogens (primary N) is 1. The minimum Gasteiger partial charge on any atom is -0.478 e. The van der Waals surface area contributed by atoms with E-state index in [4.69, 9.17) is 10.8 Å². The zero-order valence-corrected chi connectivity index (χ0v) is 6.27. The molecule has 0 aliphatic rings. The van der Waals surface area contributed by atoms with E-state index in [-0.39, 0.29) is 0 Å². The Morgan fingerprint density at radius 1 is 1.67 bits per heavy atom. The lowest BCUT2D eigenvalue weighted by Gasteiger charge is -1.95. The van der Waals surface area contributed by atoms with Crippen LogP contribution in [0.25, 0.3) is 6.08 Å². The van der Waals surface area contributed by atoms with Crippen LogP contribution in [0.2, 0.25) is 0 Å². The number of anilines is 1. The highest BCUT2D eigenvalue weighted by atomic mass is 16.4. The number of carboxylic acids is 1. The van der Waals surface area contributed by atoms with Crippen molar-refractivity contribution in [1.82, 2.24) is 4.98 Å². The largest absolute Gasteiger partial charge is 0.478 e. The fourth-order valence-corrected chi connectivity index (χ4v) is 0.730. The Bertz CT molecular complexity index is 321. The molecule has 0 atom stereocenters. The van der Waals surface area contributed by atoms with Crippen LogP contribution in [0.4, 0.5) is 5.69 Å². The first-order chi connectivity index (χ1) is 5.70. The van der Waals surface area contributed by atoms with Gasteiger partial charge in [-0.15, -0.1) is 0 Å². The van der Waals surface area contributed by atoms with E-state index in [1.54, 1.807) is 12.3 Å². The Kier molecular flexibility index (Phi) is 2.42. The minimum absolute atomic E-state index is 0.468. The molecule has 1 aromatic rings. The van der Waals surface area contributed by atoms with Crippen molar-refractivity contribution < 1.29 is 9.90 Å². The molecule has 0 unspecified atom stereocenters. The van der Waals surface area contributed by atoms with E-state index >= 15 is 0 Å². The van der Waals surface area contributed by atoms with E-state index < -0.39 is 5.97 Å². The maximum atomic E-state index is 10.1. The highest BCUT2D eigenvalue weighted by Crippen LogP contribution is 2.09. The van der Waals surface area contributed by atoms with Gasteiger partial charge in [0.05, 0.1) is 11.9 Å². The van der Waals surface area contributed by atoms with Crippen molar-refractivity contribution in [2.24, 2.45) is 0 Å². The molecule has 4 heteroatoms. The molecule has 0 saturated heterocycles. The molecule has 4 nitrogen and oxygen atoms in total. The predicted octanol–water partition coefficient (Wildman–Crippen LogP) is 0.762. The molecule has 0 spiro atoms. The van der Waals surface area contributed by atoms with Gasteiger partial charge in [0.1, 0.15) is 0 Å². The molecule has 0 aromatic carbocycles. The Balaban J connectivity index is 2.89. The number of rotatable bonds is 2. The molecule has 1 heterocycles. The first-order valence-corrected chi connectivity index (χ1v) is 3.30. The van der Waals surface area contributed by atoms with Crippen molar-refractivity contribution in [2.75, 3.05) is 5.73 Å². The summed E-state index contributed by atoms with van der Waals surface area (Å²) in [7, 11) is 0. The van der Waals surface area contributed by atoms with Crippen LogP contribution < -0.4 is 5.73 Å². The number of carbonyl (C=O) groups is 1. The highest BCUT2D eigenvalue weighted by Gasteiger charge is 1.93. The van der Waals surface area contributed by atoms with E-state index in [1.807, 2.05) is 0 Å². The van der Waals surface area contributed by atoms with Gasteiger partial charge in [0.15, 0.2) is 0 Å². The summed E-state index contributed by atoms with van der Waals surface area (Å²) in [5.41, 5.74) is 6.63. The molecule has 1 aromatic heterocycles. The number of nitrogen functional groups attached to an aromatic ring is 1. The molecule has 0 amide bonds. The summed E-state index contributed by atoms with van der Waals surface area (Å²) in [6, 6.07) is 1.65. The Hall–Kier alpha value is -1.84. The maximum absolute atomic E-state index is 10.1. The van der Waals surface area contributed by atoms with E-state index in [2.05, 4.69) is 4.98 Å². The maximum Gasteiger partial charge on any atom is 0.328 e. The van der Waals surface area contributed by atoms with Gasteiger partial charge in [-0.1, -0.05) is 0 Å². The summed E-state index contributed by atoms with van der Waals surface area (Å²) >= 11 is 0. The lowest BCUT2D eigenvalue weighted by molar-refractivity contribution is -0.131. The molecule has 1 rings (SSSR count). The van der Waals surface area contributed by atoms with Crippen LogP contribution >= 0.6 is 0 Å². The van der Waals surface area contributed by atoms with E-state index in [9.17, 15) is 4.79 Å². The predicted molar refractivity (Wildman–Crippen MR) is 45.3 cm³/mol. The van der Waals surface area contributed by atoms with Crippen molar-refractivity contribution in [3.63, 3.8) is 0 Å². The quantitative estimate of drug-likeness (QED) is 0.633. The number of hydrogen-bond acceptors (Lipinski definition) is 3. The SMILES string of the molecule is Nc1cnccc1C=CC(=O)O. The third-order valence-electron chi connectivity index (χ3n) is 1.29. The number of aromatic nitrogens is 1. The van der Waals surface area contributed by atoms with Crippen molar-refractivity contribution in [2.45, 2.75) is 0 Å². The fourth-order valence-electron chi connectivity index (χ4n) is 0.730. The molecular weight excluding hydrogens is 156 g/mol. The second-order valence-electron chi connectivity index (χ2n) is 2.18. The van der Waals surface area contributed by atoms with Gasteiger partial charge in [-0.25, -0.2) is 4.79 Å². The molecular formula is C8H8N2O2. The molecule has 0 saturated carbocycles. The van der Waals surface area contributed by atoms with Crippen LogP contribution in [0.5, 0.6) is 0 Å². The third kappa shape index (κ3) is 2.09.